The lowest BCUT2D eigenvalue weighted by atomic mass is 9.73. The number of fused-ring (bicyclic) bond motifs is 1. The van der Waals surface area contributed by atoms with E-state index in [0.29, 0.717) is 30.6 Å². The number of thiophene rings is 1. The van der Waals surface area contributed by atoms with E-state index in [-0.39, 0.29) is 29.2 Å². The zero-order valence-corrected chi connectivity index (χ0v) is 20.9. The van der Waals surface area contributed by atoms with Crippen LogP contribution in [0.3, 0.4) is 0 Å². The quantitative estimate of drug-likeness (QED) is 0.448. The van der Waals surface area contributed by atoms with E-state index in [1.165, 1.54) is 12.1 Å². The number of hydrogen-bond acceptors (Lipinski definition) is 5. The number of halogens is 2. The molecule has 0 bridgehead atoms. The third-order valence-corrected chi connectivity index (χ3v) is 7.43. The van der Waals surface area contributed by atoms with E-state index in [2.05, 4.69) is 10.6 Å². The fourth-order valence-corrected chi connectivity index (χ4v) is 5.76. The van der Waals surface area contributed by atoms with E-state index in [4.69, 9.17) is 0 Å². The number of rotatable bonds is 5. The highest BCUT2D eigenvalue weighted by Crippen LogP contribution is 2.48. The molecule has 2 N–H and O–H groups in total. The van der Waals surface area contributed by atoms with Crippen molar-refractivity contribution in [1.29, 1.82) is 0 Å². The standard InChI is InChI=1S/C28H27F2N3O2S/c1-28(2)13-22-26(24(34)14-28)27(17-10-18(29)12-19(30)11-17)33(23-8-4-3-7-21(23)32-22)16-25(35)31-15-20-6-5-9-36-20/h3-12,27,32H,13-16H2,1-2H3,(H,31,35). The molecule has 2 aromatic carbocycles. The number of carbonyl (C=O) groups excluding carboxylic acids is 2. The zero-order chi connectivity index (χ0) is 25.4. The topological polar surface area (TPSA) is 61.4 Å². The number of amides is 1. The second-order valence-corrected chi connectivity index (χ2v) is 11.1. The summed E-state index contributed by atoms with van der Waals surface area (Å²) < 4.78 is 28.9. The van der Waals surface area contributed by atoms with E-state index in [1.54, 1.807) is 16.2 Å². The van der Waals surface area contributed by atoms with Crippen LogP contribution < -0.4 is 15.5 Å². The van der Waals surface area contributed by atoms with E-state index in [9.17, 15) is 18.4 Å². The molecule has 1 aliphatic carbocycles. The summed E-state index contributed by atoms with van der Waals surface area (Å²) in [6, 6.07) is 13.8. The molecule has 5 nitrogen and oxygen atoms in total. The Labute approximate surface area is 212 Å². The highest BCUT2D eigenvalue weighted by atomic mass is 32.1. The van der Waals surface area contributed by atoms with Gasteiger partial charge >= 0.3 is 0 Å². The Kier molecular flexibility index (Phi) is 6.38. The molecular weight excluding hydrogens is 480 g/mol. The number of para-hydroxylation sites is 2. The van der Waals surface area contributed by atoms with Crippen LogP contribution in [0.2, 0.25) is 0 Å². The fourth-order valence-electron chi connectivity index (χ4n) is 5.12. The summed E-state index contributed by atoms with van der Waals surface area (Å²) in [5.41, 5.74) is 2.60. The van der Waals surface area contributed by atoms with Crippen LogP contribution in [0.25, 0.3) is 0 Å². The van der Waals surface area contributed by atoms with Gasteiger partial charge in [0.05, 0.1) is 30.5 Å². The van der Waals surface area contributed by atoms with Crippen molar-refractivity contribution >= 4 is 34.4 Å². The van der Waals surface area contributed by atoms with Gasteiger partial charge in [0.1, 0.15) is 11.6 Å². The molecule has 1 unspecified atom stereocenters. The van der Waals surface area contributed by atoms with Gasteiger partial charge in [0.25, 0.3) is 0 Å². The van der Waals surface area contributed by atoms with Gasteiger partial charge < -0.3 is 15.5 Å². The van der Waals surface area contributed by atoms with Gasteiger partial charge in [-0.05, 0) is 53.1 Å². The summed E-state index contributed by atoms with van der Waals surface area (Å²) in [6.45, 7) is 4.34. The van der Waals surface area contributed by atoms with Crippen molar-refractivity contribution in [1.82, 2.24) is 5.32 Å². The van der Waals surface area contributed by atoms with Crippen molar-refractivity contribution in [3.8, 4) is 0 Å². The third kappa shape index (κ3) is 4.91. The molecule has 0 saturated carbocycles. The summed E-state index contributed by atoms with van der Waals surface area (Å²) >= 11 is 1.54. The lowest BCUT2D eigenvalue weighted by Crippen LogP contribution is -2.42. The van der Waals surface area contributed by atoms with E-state index in [1.807, 2.05) is 55.6 Å². The van der Waals surface area contributed by atoms with Gasteiger partial charge in [0.2, 0.25) is 5.91 Å². The van der Waals surface area contributed by atoms with Crippen LogP contribution in [0.5, 0.6) is 0 Å². The Balaban J connectivity index is 1.63. The van der Waals surface area contributed by atoms with Gasteiger partial charge in [-0.3, -0.25) is 9.59 Å². The number of allylic oxidation sites excluding steroid dienone is 1. The van der Waals surface area contributed by atoms with Crippen molar-refractivity contribution in [3.05, 3.63) is 93.3 Å². The number of Topliss-reactive ketones (excluding diaryl/α,β-unsaturated/α-hetero) is 1. The molecule has 5 rings (SSSR count). The van der Waals surface area contributed by atoms with E-state index >= 15 is 0 Å². The van der Waals surface area contributed by atoms with Crippen molar-refractivity contribution in [2.75, 3.05) is 16.8 Å². The van der Waals surface area contributed by atoms with Crippen LogP contribution >= 0.6 is 11.3 Å². The predicted octanol–water partition coefficient (Wildman–Crippen LogP) is 5.96. The maximum atomic E-state index is 14.4. The van der Waals surface area contributed by atoms with Crippen LogP contribution in [0.4, 0.5) is 20.2 Å². The lowest BCUT2D eigenvalue weighted by Gasteiger charge is -2.37. The zero-order valence-electron chi connectivity index (χ0n) is 20.1. The van der Waals surface area contributed by atoms with Crippen LogP contribution in [0.15, 0.2) is 71.2 Å². The van der Waals surface area contributed by atoms with Gasteiger partial charge in [-0.15, -0.1) is 11.3 Å². The van der Waals surface area contributed by atoms with Gasteiger partial charge in [-0.25, -0.2) is 8.78 Å². The molecule has 1 aliphatic heterocycles. The molecule has 2 aliphatic rings. The first-order valence-corrected chi connectivity index (χ1v) is 12.7. The average molecular weight is 508 g/mol. The molecule has 1 amide bonds. The Morgan fingerprint density at radius 1 is 1.11 bits per heavy atom. The third-order valence-electron chi connectivity index (χ3n) is 6.56. The highest BCUT2D eigenvalue weighted by Gasteiger charge is 2.42. The van der Waals surface area contributed by atoms with Crippen LogP contribution in [0, 0.1) is 17.0 Å². The smallest absolute Gasteiger partial charge is 0.239 e. The summed E-state index contributed by atoms with van der Waals surface area (Å²) in [7, 11) is 0. The first kappa shape index (κ1) is 24.2. The molecule has 2 heterocycles. The van der Waals surface area contributed by atoms with Gasteiger partial charge in [0.15, 0.2) is 5.78 Å². The maximum Gasteiger partial charge on any atom is 0.239 e. The average Bonchev–Trinajstić information content (AvgIpc) is 3.27. The van der Waals surface area contributed by atoms with Crippen LogP contribution in [0.1, 0.15) is 43.2 Å². The van der Waals surface area contributed by atoms with Crippen LogP contribution in [-0.2, 0) is 16.1 Å². The Bertz CT molecular complexity index is 1330. The molecule has 1 aromatic heterocycles. The molecule has 3 aromatic rings. The molecular formula is C28H27F2N3O2S. The summed E-state index contributed by atoms with van der Waals surface area (Å²) in [4.78, 5) is 29.6. The van der Waals surface area contributed by atoms with Crippen LogP contribution in [-0.4, -0.2) is 18.2 Å². The molecule has 8 heteroatoms. The molecule has 0 saturated heterocycles. The second-order valence-electron chi connectivity index (χ2n) is 10.1. The fraction of sp³-hybridized carbons (Fsp3) is 0.286. The normalized spacial score (nSPS) is 18.7. The number of nitrogens with one attached hydrogen (secondary N) is 2. The molecule has 1 atom stereocenters. The number of hydrogen-bond donors (Lipinski definition) is 2. The van der Waals surface area contributed by atoms with Crippen molar-refractivity contribution in [3.63, 3.8) is 0 Å². The van der Waals surface area contributed by atoms with Gasteiger partial charge in [-0.1, -0.05) is 32.0 Å². The number of carbonyl (C=O) groups is 2. The largest absolute Gasteiger partial charge is 0.357 e. The lowest BCUT2D eigenvalue weighted by molar-refractivity contribution is -0.120. The minimum atomic E-state index is -0.836. The highest BCUT2D eigenvalue weighted by molar-refractivity contribution is 7.09. The number of anilines is 2. The number of benzene rings is 2. The van der Waals surface area contributed by atoms with E-state index < -0.39 is 17.7 Å². The maximum absolute atomic E-state index is 14.4. The van der Waals surface area contributed by atoms with Crippen molar-refractivity contribution in [2.24, 2.45) is 5.41 Å². The molecule has 0 fully saturated rings. The second kappa shape index (κ2) is 9.50. The van der Waals surface area contributed by atoms with Crippen molar-refractivity contribution < 1.29 is 18.4 Å². The molecule has 0 radical (unpaired) electrons. The number of ketones is 1. The summed E-state index contributed by atoms with van der Waals surface area (Å²) in [5, 5.41) is 8.31. The first-order valence-electron chi connectivity index (χ1n) is 11.8. The van der Waals surface area contributed by atoms with Gasteiger partial charge in [0, 0.05) is 28.6 Å². The minimum absolute atomic E-state index is 0.0969. The minimum Gasteiger partial charge on any atom is -0.357 e. The number of nitrogens with zero attached hydrogens (tertiary/aromatic N) is 1. The summed E-state index contributed by atoms with van der Waals surface area (Å²) in [5.74, 6) is -1.82. The molecule has 0 spiro atoms. The van der Waals surface area contributed by atoms with Gasteiger partial charge in [-0.2, -0.15) is 0 Å². The Morgan fingerprint density at radius 2 is 1.86 bits per heavy atom. The first-order chi connectivity index (χ1) is 17.2. The molecule has 186 valence electrons. The van der Waals surface area contributed by atoms with Crippen molar-refractivity contribution in [2.45, 2.75) is 39.3 Å². The SMILES string of the molecule is CC1(C)CC(=O)C2=C(C1)Nc1ccccc1N(CC(=O)NCc1cccs1)C2c1cc(F)cc(F)c1. The van der Waals surface area contributed by atoms with E-state index in [0.717, 1.165) is 22.3 Å². The Morgan fingerprint density at radius 3 is 2.58 bits per heavy atom. The summed E-state index contributed by atoms with van der Waals surface area (Å²) in [6.07, 6.45) is 0.895. The monoisotopic (exact) mass is 507 g/mol. The Hall–Kier alpha value is -3.52. The molecule has 36 heavy (non-hydrogen) atoms. The predicted molar refractivity (Wildman–Crippen MR) is 138 cm³/mol.